The molecule has 0 heterocycles. The molecule has 1 aliphatic rings. The van der Waals surface area contributed by atoms with Crippen LogP contribution < -0.4 is 15.4 Å². The first-order valence-electron chi connectivity index (χ1n) is 11.8. The van der Waals surface area contributed by atoms with E-state index in [4.69, 9.17) is 4.74 Å². The van der Waals surface area contributed by atoms with Crippen LogP contribution in [0.25, 0.3) is 0 Å². The van der Waals surface area contributed by atoms with Gasteiger partial charge >= 0.3 is 0 Å². The summed E-state index contributed by atoms with van der Waals surface area (Å²) < 4.78 is 6.59. The van der Waals surface area contributed by atoms with Gasteiger partial charge in [-0.15, -0.1) is 0 Å². The van der Waals surface area contributed by atoms with Crippen molar-refractivity contribution in [2.24, 2.45) is 0 Å². The summed E-state index contributed by atoms with van der Waals surface area (Å²) in [6.45, 7) is 0.539. The summed E-state index contributed by atoms with van der Waals surface area (Å²) in [6.07, 6.45) is 6.33. The minimum absolute atomic E-state index is 0.147. The molecular weight excluding hydrogens is 492 g/mol. The molecule has 0 saturated heterocycles. The summed E-state index contributed by atoms with van der Waals surface area (Å²) in [6, 6.07) is 22.7. The second kappa shape index (κ2) is 11.8. The first-order valence-corrected chi connectivity index (χ1v) is 12.6. The lowest BCUT2D eigenvalue weighted by Crippen LogP contribution is -2.36. The molecule has 0 aromatic heterocycles. The molecule has 1 fully saturated rings. The molecule has 2 N–H and O–H groups in total. The number of anilines is 1. The highest BCUT2D eigenvalue weighted by atomic mass is 79.9. The zero-order valence-corrected chi connectivity index (χ0v) is 20.6. The summed E-state index contributed by atoms with van der Waals surface area (Å²) in [5, 5.41) is 6.02. The van der Waals surface area contributed by atoms with Crippen molar-refractivity contribution in [3.8, 4) is 5.75 Å². The molecular formula is C28H29BrN2O3. The summed E-state index contributed by atoms with van der Waals surface area (Å²) in [5.41, 5.74) is 2.66. The van der Waals surface area contributed by atoms with Crippen molar-refractivity contribution in [3.63, 3.8) is 0 Å². The number of benzene rings is 3. The Labute approximate surface area is 209 Å². The van der Waals surface area contributed by atoms with E-state index in [1.54, 1.807) is 30.3 Å². The number of halogens is 1. The molecule has 0 bridgehead atoms. The van der Waals surface area contributed by atoms with Gasteiger partial charge in [0.15, 0.2) is 0 Å². The number of amides is 2. The van der Waals surface area contributed by atoms with Crippen molar-refractivity contribution in [2.45, 2.75) is 44.6 Å². The molecule has 3 aromatic rings. The number of ether oxygens (including phenoxy) is 1. The van der Waals surface area contributed by atoms with E-state index in [0.29, 0.717) is 33.6 Å². The van der Waals surface area contributed by atoms with Crippen LogP contribution in [0.4, 0.5) is 5.69 Å². The quantitative estimate of drug-likeness (QED) is 0.361. The van der Waals surface area contributed by atoms with Gasteiger partial charge in [0.05, 0.1) is 22.3 Å². The molecule has 0 unspecified atom stereocenters. The van der Waals surface area contributed by atoms with Crippen LogP contribution in [-0.2, 0) is 6.42 Å². The SMILES string of the molecule is O=C(Nc1ccccc1C(=O)NC1CCCCC1)c1ccc(OCCc2ccccc2)c(Br)c1. The Morgan fingerprint density at radius 2 is 1.62 bits per heavy atom. The maximum absolute atomic E-state index is 12.9. The fourth-order valence-electron chi connectivity index (χ4n) is 4.18. The van der Waals surface area contributed by atoms with E-state index in [9.17, 15) is 9.59 Å². The first-order chi connectivity index (χ1) is 16.6. The monoisotopic (exact) mass is 520 g/mol. The standard InChI is InChI=1S/C28H29BrN2O3/c29-24-19-21(15-16-26(24)34-18-17-20-9-3-1-4-10-20)27(32)31-25-14-8-7-13-23(25)28(33)30-22-11-5-2-6-12-22/h1,3-4,7-10,13-16,19,22H,2,5-6,11-12,17-18H2,(H,30,33)(H,31,32). The number of hydrogen-bond acceptors (Lipinski definition) is 3. The third-order valence-corrected chi connectivity index (χ3v) is 6.67. The van der Waals surface area contributed by atoms with Crippen molar-refractivity contribution >= 4 is 33.4 Å². The smallest absolute Gasteiger partial charge is 0.255 e. The summed E-state index contributed by atoms with van der Waals surface area (Å²) >= 11 is 3.51. The highest BCUT2D eigenvalue weighted by molar-refractivity contribution is 9.10. The molecule has 0 atom stereocenters. The molecule has 1 aliphatic carbocycles. The zero-order valence-electron chi connectivity index (χ0n) is 19.1. The number of para-hydroxylation sites is 1. The Bertz CT molecular complexity index is 1130. The summed E-state index contributed by atoms with van der Waals surface area (Å²) in [4.78, 5) is 25.8. The maximum atomic E-state index is 12.9. The average Bonchev–Trinajstić information content (AvgIpc) is 2.86. The molecule has 34 heavy (non-hydrogen) atoms. The lowest BCUT2D eigenvalue weighted by molar-refractivity contribution is 0.0928. The number of nitrogens with one attached hydrogen (secondary N) is 2. The van der Waals surface area contributed by atoms with Gasteiger partial charge in [-0.05, 0) is 64.7 Å². The van der Waals surface area contributed by atoms with Gasteiger partial charge in [-0.25, -0.2) is 0 Å². The molecule has 5 nitrogen and oxygen atoms in total. The fourth-order valence-corrected chi connectivity index (χ4v) is 4.67. The van der Waals surface area contributed by atoms with Crippen LogP contribution in [0.3, 0.4) is 0 Å². The second-order valence-electron chi connectivity index (χ2n) is 8.54. The molecule has 2 amide bonds. The number of hydrogen-bond donors (Lipinski definition) is 2. The molecule has 6 heteroatoms. The molecule has 0 spiro atoms. The molecule has 4 rings (SSSR count). The Morgan fingerprint density at radius 1 is 0.882 bits per heavy atom. The van der Waals surface area contributed by atoms with E-state index in [-0.39, 0.29) is 17.9 Å². The molecule has 176 valence electrons. The van der Waals surface area contributed by atoms with Gasteiger partial charge in [-0.2, -0.15) is 0 Å². The van der Waals surface area contributed by atoms with E-state index >= 15 is 0 Å². The highest BCUT2D eigenvalue weighted by Gasteiger charge is 2.19. The van der Waals surface area contributed by atoms with E-state index in [1.807, 2.05) is 30.3 Å². The fraction of sp³-hybridized carbons (Fsp3) is 0.286. The largest absolute Gasteiger partial charge is 0.492 e. The highest BCUT2D eigenvalue weighted by Crippen LogP contribution is 2.27. The lowest BCUT2D eigenvalue weighted by Gasteiger charge is -2.23. The van der Waals surface area contributed by atoms with Crippen LogP contribution in [0.15, 0.2) is 77.3 Å². The van der Waals surface area contributed by atoms with Gasteiger partial charge in [0.1, 0.15) is 5.75 Å². The molecule has 1 saturated carbocycles. The van der Waals surface area contributed by atoms with Crippen LogP contribution in [0.1, 0.15) is 58.4 Å². The number of rotatable bonds is 8. The minimum Gasteiger partial charge on any atom is -0.492 e. The third kappa shape index (κ3) is 6.48. The van der Waals surface area contributed by atoms with Crippen LogP contribution in [-0.4, -0.2) is 24.5 Å². The topological polar surface area (TPSA) is 67.4 Å². The van der Waals surface area contributed by atoms with Crippen LogP contribution in [0.2, 0.25) is 0 Å². The van der Waals surface area contributed by atoms with Crippen LogP contribution >= 0.6 is 15.9 Å². The molecule has 3 aromatic carbocycles. The average molecular weight is 521 g/mol. The van der Waals surface area contributed by atoms with E-state index in [2.05, 4.69) is 38.7 Å². The van der Waals surface area contributed by atoms with Crippen molar-refractivity contribution in [3.05, 3.63) is 94.0 Å². The second-order valence-corrected chi connectivity index (χ2v) is 9.39. The van der Waals surface area contributed by atoms with Gasteiger partial charge in [0.25, 0.3) is 11.8 Å². The minimum atomic E-state index is -0.283. The third-order valence-electron chi connectivity index (χ3n) is 6.05. The van der Waals surface area contributed by atoms with E-state index in [1.165, 1.54) is 12.0 Å². The van der Waals surface area contributed by atoms with E-state index < -0.39 is 0 Å². The summed E-state index contributed by atoms with van der Waals surface area (Å²) in [7, 11) is 0. The molecule has 0 aliphatic heterocycles. The van der Waals surface area contributed by atoms with Crippen molar-refractivity contribution in [1.82, 2.24) is 5.32 Å². The lowest BCUT2D eigenvalue weighted by atomic mass is 9.95. The van der Waals surface area contributed by atoms with Crippen LogP contribution in [0, 0.1) is 0 Å². The van der Waals surface area contributed by atoms with Gasteiger partial charge in [0, 0.05) is 18.0 Å². The van der Waals surface area contributed by atoms with Gasteiger partial charge < -0.3 is 15.4 Å². The first kappa shape index (κ1) is 24.0. The predicted molar refractivity (Wildman–Crippen MR) is 139 cm³/mol. The summed E-state index contributed by atoms with van der Waals surface area (Å²) in [5.74, 6) is 0.250. The van der Waals surface area contributed by atoms with Gasteiger partial charge in [0.2, 0.25) is 0 Å². The predicted octanol–water partition coefficient (Wildman–Crippen LogP) is 6.39. The Morgan fingerprint density at radius 3 is 2.38 bits per heavy atom. The maximum Gasteiger partial charge on any atom is 0.255 e. The van der Waals surface area contributed by atoms with E-state index in [0.717, 1.165) is 32.1 Å². The van der Waals surface area contributed by atoms with Crippen molar-refractivity contribution < 1.29 is 14.3 Å². The molecule has 0 radical (unpaired) electrons. The Balaban J connectivity index is 1.38. The van der Waals surface area contributed by atoms with Crippen molar-refractivity contribution in [1.29, 1.82) is 0 Å². The van der Waals surface area contributed by atoms with Crippen molar-refractivity contribution in [2.75, 3.05) is 11.9 Å². The van der Waals surface area contributed by atoms with Crippen LogP contribution in [0.5, 0.6) is 5.75 Å². The zero-order chi connectivity index (χ0) is 23.8. The van der Waals surface area contributed by atoms with Gasteiger partial charge in [-0.3, -0.25) is 9.59 Å². The number of carbonyl (C=O) groups excluding carboxylic acids is 2. The Hall–Kier alpha value is -3.12. The number of carbonyl (C=O) groups is 2. The Kier molecular flexibility index (Phi) is 8.36. The normalized spacial score (nSPS) is 13.8. The van der Waals surface area contributed by atoms with Gasteiger partial charge in [-0.1, -0.05) is 61.7 Å².